The highest BCUT2D eigenvalue weighted by Gasteiger charge is 2.42. The molecule has 6 heteroatoms. The Morgan fingerprint density at radius 2 is 1.85 bits per heavy atom. The topological polar surface area (TPSA) is 60.0 Å². The summed E-state index contributed by atoms with van der Waals surface area (Å²) >= 11 is 0. The van der Waals surface area contributed by atoms with Crippen molar-refractivity contribution < 1.29 is 19.0 Å². The Morgan fingerprint density at radius 1 is 1.15 bits per heavy atom. The first kappa shape index (κ1) is 20.1. The van der Waals surface area contributed by atoms with Gasteiger partial charge >= 0.3 is 0 Å². The van der Waals surface area contributed by atoms with Crippen LogP contribution in [0.15, 0.2) is 24.3 Å². The minimum Gasteiger partial charge on any atom is -0.492 e. The van der Waals surface area contributed by atoms with E-state index in [4.69, 9.17) is 14.2 Å². The van der Waals surface area contributed by atoms with Crippen LogP contribution in [0.4, 0.5) is 5.69 Å². The third-order valence-electron chi connectivity index (χ3n) is 5.30. The van der Waals surface area contributed by atoms with Crippen molar-refractivity contribution in [2.24, 2.45) is 0 Å². The summed E-state index contributed by atoms with van der Waals surface area (Å²) in [6.07, 6.45) is 4.63. The Bertz CT molecular complexity index is 578. The smallest absolute Gasteiger partial charge is 0.256 e. The fourth-order valence-corrected chi connectivity index (χ4v) is 3.68. The van der Waals surface area contributed by atoms with Gasteiger partial charge in [0.25, 0.3) is 5.91 Å². The molecule has 0 spiro atoms. The third-order valence-corrected chi connectivity index (χ3v) is 5.30. The molecule has 0 atom stereocenters. The van der Waals surface area contributed by atoms with Crippen molar-refractivity contribution in [3.63, 3.8) is 0 Å². The van der Waals surface area contributed by atoms with Gasteiger partial charge in [-0.1, -0.05) is 6.92 Å². The molecule has 1 amide bonds. The Morgan fingerprint density at radius 3 is 2.52 bits per heavy atom. The zero-order valence-electron chi connectivity index (χ0n) is 16.4. The van der Waals surface area contributed by atoms with Gasteiger partial charge in [-0.15, -0.1) is 0 Å². The van der Waals surface area contributed by atoms with E-state index in [1.54, 1.807) is 0 Å². The largest absolute Gasteiger partial charge is 0.492 e. The van der Waals surface area contributed by atoms with E-state index in [0.717, 1.165) is 76.4 Å². The Hall–Kier alpha value is -1.63. The van der Waals surface area contributed by atoms with Crippen LogP contribution >= 0.6 is 0 Å². The number of amides is 1. The number of hydrogen-bond acceptors (Lipinski definition) is 5. The number of anilines is 1. The lowest BCUT2D eigenvalue weighted by atomic mass is 10.0. The number of nitrogens with one attached hydrogen (secondary N) is 1. The lowest BCUT2D eigenvalue weighted by molar-refractivity contribution is -0.140. The lowest BCUT2D eigenvalue weighted by Gasteiger charge is -2.28. The molecule has 1 aliphatic heterocycles. The van der Waals surface area contributed by atoms with E-state index in [-0.39, 0.29) is 5.91 Å². The van der Waals surface area contributed by atoms with Gasteiger partial charge in [0.05, 0.1) is 13.2 Å². The maximum absolute atomic E-state index is 12.8. The third kappa shape index (κ3) is 5.67. The fourth-order valence-electron chi connectivity index (χ4n) is 3.68. The molecule has 1 saturated carbocycles. The summed E-state index contributed by atoms with van der Waals surface area (Å²) in [6.45, 7) is 7.79. The number of carbonyl (C=O) groups is 1. The quantitative estimate of drug-likeness (QED) is 0.718. The van der Waals surface area contributed by atoms with Crippen LogP contribution < -0.4 is 10.1 Å². The minimum atomic E-state index is -0.649. The SMILES string of the molecule is CCCOC1(C(=O)Nc2ccc(OCCN3CCOCC3)cc2)CCCC1. The van der Waals surface area contributed by atoms with Crippen LogP contribution in [0, 0.1) is 0 Å². The molecule has 1 N–H and O–H groups in total. The van der Waals surface area contributed by atoms with E-state index in [0.29, 0.717) is 13.2 Å². The Balaban J connectivity index is 1.47. The molecule has 1 saturated heterocycles. The van der Waals surface area contributed by atoms with Crippen molar-refractivity contribution in [1.29, 1.82) is 0 Å². The van der Waals surface area contributed by atoms with Gasteiger partial charge in [0.2, 0.25) is 0 Å². The molecule has 0 aromatic heterocycles. The highest BCUT2D eigenvalue weighted by molar-refractivity contribution is 5.97. The van der Waals surface area contributed by atoms with Crippen LogP contribution in [0.1, 0.15) is 39.0 Å². The number of morpholine rings is 1. The highest BCUT2D eigenvalue weighted by atomic mass is 16.5. The summed E-state index contributed by atoms with van der Waals surface area (Å²) in [4.78, 5) is 15.1. The van der Waals surface area contributed by atoms with E-state index >= 15 is 0 Å². The number of carbonyl (C=O) groups excluding carboxylic acids is 1. The molecular formula is C21H32N2O4. The molecule has 1 aromatic rings. The molecule has 1 aromatic carbocycles. The number of nitrogens with zero attached hydrogens (tertiary/aromatic N) is 1. The van der Waals surface area contributed by atoms with Crippen LogP contribution in [0.5, 0.6) is 5.75 Å². The van der Waals surface area contributed by atoms with Crippen molar-refractivity contribution in [1.82, 2.24) is 4.90 Å². The molecule has 0 unspecified atom stereocenters. The highest BCUT2D eigenvalue weighted by Crippen LogP contribution is 2.34. The van der Waals surface area contributed by atoms with E-state index in [9.17, 15) is 4.79 Å². The average molecular weight is 376 g/mol. The van der Waals surface area contributed by atoms with E-state index in [1.165, 1.54) is 0 Å². The van der Waals surface area contributed by atoms with Crippen LogP contribution in [0.3, 0.4) is 0 Å². The van der Waals surface area contributed by atoms with E-state index in [1.807, 2.05) is 24.3 Å². The number of ether oxygens (including phenoxy) is 3. The summed E-state index contributed by atoms with van der Waals surface area (Å²) in [5, 5.41) is 3.03. The second kappa shape index (κ2) is 10.1. The van der Waals surface area contributed by atoms with E-state index < -0.39 is 5.60 Å². The first-order valence-electron chi connectivity index (χ1n) is 10.2. The van der Waals surface area contributed by atoms with Crippen molar-refractivity contribution in [3.05, 3.63) is 24.3 Å². The fraction of sp³-hybridized carbons (Fsp3) is 0.667. The monoisotopic (exact) mass is 376 g/mol. The maximum atomic E-state index is 12.8. The molecule has 1 aliphatic carbocycles. The summed E-state index contributed by atoms with van der Waals surface area (Å²) < 4.78 is 17.1. The van der Waals surface area contributed by atoms with Crippen LogP contribution in [-0.2, 0) is 14.3 Å². The standard InChI is InChI=1S/C21H32N2O4/c1-2-14-27-21(9-3-4-10-21)20(24)22-18-5-7-19(8-6-18)26-17-13-23-11-15-25-16-12-23/h5-8H,2-4,9-17H2,1H3,(H,22,24). The van der Waals surface area contributed by atoms with Gasteiger partial charge in [-0.05, 0) is 56.4 Å². The van der Waals surface area contributed by atoms with Crippen LogP contribution in [-0.4, -0.2) is 62.5 Å². The number of hydrogen-bond donors (Lipinski definition) is 1. The van der Waals surface area contributed by atoms with Crippen molar-refractivity contribution in [2.75, 3.05) is 51.4 Å². The normalized spacial score (nSPS) is 19.7. The van der Waals surface area contributed by atoms with Gasteiger partial charge in [-0.2, -0.15) is 0 Å². The summed E-state index contributed by atoms with van der Waals surface area (Å²) in [7, 11) is 0. The van der Waals surface area contributed by atoms with Gasteiger partial charge in [0, 0.05) is 31.9 Å². The maximum Gasteiger partial charge on any atom is 0.256 e. The molecule has 150 valence electrons. The van der Waals surface area contributed by atoms with Gasteiger partial charge in [0.15, 0.2) is 0 Å². The average Bonchev–Trinajstić information content (AvgIpc) is 3.19. The summed E-state index contributed by atoms with van der Waals surface area (Å²) in [5.74, 6) is 0.800. The van der Waals surface area contributed by atoms with Gasteiger partial charge in [-0.25, -0.2) is 0 Å². The number of rotatable bonds is 9. The van der Waals surface area contributed by atoms with Gasteiger partial charge < -0.3 is 19.5 Å². The molecule has 2 aliphatic rings. The van der Waals surface area contributed by atoms with Crippen molar-refractivity contribution in [3.8, 4) is 5.75 Å². The molecule has 0 radical (unpaired) electrons. The minimum absolute atomic E-state index is 0.0190. The van der Waals surface area contributed by atoms with E-state index in [2.05, 4.69) is 17.1 Å². The predicted molar refractivity (Wildman–Crippen MR) is 105 cm³/mol. The molecule has 1 heterocycles. The van der Waals surface area contributed by atoms with Gasteiger partial charge in [-0.3, -0.25) is 9.69 Å². The molecular weight excluding hydrogens is 344 g/mol. The zero-order chi connectivity index (χ0) is 19.0. The molecule has 0 bridgehead atoms. The molecule has 27 heavy (non-hydrogen) atoms. The molecule has 2 fully saturated rings. The lowest BCUT2D eigenvalue weighted by Crippen LogP contribution is -2.43. The summed E-state index contributed by atoms with van der Waals surface area (Å²) in [6, 6.07) is 7.60. The van der Waals surface area contributed by atoms with Gasteiger partial charge in [0.1, 0.15) is 18.0 Å². The van der Waals surface area contributed by atoms with Crippen molar-refractivity contribution in [2.45, 2.75) is 44.6 Å². The Kier molecular flexibility index (Phi) is 7.50. The molecule has 6 nitrogen and oxygen atoms in total. The van der Waals surface area contributed by atoms with Crippen LogP contribution in [0.25, 0.3) is 0 Å². The second-order valence-corrected chi connectivity index (χ2v) is 7.33. The summed E-state index contributed by atoms with van der Waals surface area (Å²) in [5.41, 5.74) is 0.135. The molecule has 3 rings (SSSR count). The first-order valence-corrected chi connectivity index (χ1v) is 10.2. The first-order chi connectivity index (χ1) is 13.2. The van der Waals surface area contributed by atoms with Crippen LogP contribution in [0.2, 0.25) is 0 Å². The zero-order valence-corrected chi connectivity index (χ0v) is 16.4. The predicted octanol–water partition coefficient (Wildman–Crippen LogP) is 3.08. The van der Waals surface area contributed by atoms with Crippen molar-refractivity contribution >= 4 is 11.6 Å². The number of benzene rings is 1. The second-order valence-electron chi connectivity index (χ2n) is 7.33. The Labute approximate surface area is 162 Å².